The Bertz CT molecular complexity index is 917. The van der Waals surface area contributed by atoms with Gasteiger partial charge in [0.1, 0.15) is 6.26 Å². The Morgan fingerprint density at radius 1 is 1.28 bits per heavy atom. The summed E-state index contributed by atoms with van der Waals surface area (Å²) in [5, 5.41) is 4.68. The van der Waals surface area contributed by atoms with Gasteiger partial charge in [0.05, 0.1) is 22.7 Å². The van der Waals surface area contributed by atoms with E-state index in [1.54, 1.807) is 12.1 Å². The molecule has 3 heterocycles. The van der Waals surface area contributed by atoms with Crippen LogP contribution in [-0.4, -0.2) is 23.0 Å². The highest BCUT2D eigenvalue weighted by atomic mass is 32.1. The highest BCUT2D eigenvalue weighted by Gasteiger charge is 2.30. The van der Waals surface area contributed by atoms with Crippen LogP contribution in [0.15, 0.2) is 52.5 Å². The summed E-state index contributed by atoms with van der Waals surface area (Å²) in [6, 6.07) is 11.0. The maximum absolute atomic E-state index is 12.3. The molecule has 25 heavy (non-hydrogen) atoms. The van der Waals surface area contributed by atoms with Crippen LogP contribution in [0.3, 0.4) is 0 Å². The van der Waals surface area contributed by atoms with E-state index in [-0.39, 0.29) is 12.5 Å². The number of aromatic nitrogens is 1. The molecule has 0 unspecified atom stereocenters. The molecule has 1 aliphatic rings. The number of esters is 1. The Labute approximate surface area is 147 Å². The number of nitrogens with zero attached hydrogens (tertiary/aromatic N) is 1. The van der Waals surface area contributed by atoms with Crippen molar-refractivity contribution >= 4 is 23.2 Å². The van der Waals surface area contributed by atoms with Crippen molar-refractivity contribution in [3.63, 3.8) is 0 Å². The molecule has 1 N–H and O–H groups in total. The van der Waals surface area contributed by atoms with Gasteiger partial charge in [0, 0.05) is 6.42 Å². The van der Waals surface area contributed by atoms with Crippen LogP contribution in [0, 0.1) is 0 Å². The van der Waals surface area contributed by atoms with Gasteiger partial charge in [-0.05, 0) is 23.1 Å². The number of rotatable bonds is 4. The smallest absolute Gasteiger partial charge is 0.339 e. The lowest BCUT2D eigenvalue weighted by atomic mass is 9.98. The minimum absolute atomic E-state index is 0.212. The number of amides is 1. The number of benzene rings is 1. The molecule has 3 aromatic rings. The number of carbonyl (C=O) groups excluding carboxylic acids is 2. The molecule has 1 aliphatic heterocycles. The number of hydrogen-bond donors (Lipinski definition) is 1. The predicted octanol–water partition coefficient (Wildman–Crippen LogP) is 2.80. The number of thiophene rings is 1. The molecule has 6 nitrogen and oxygen atoms in total. The first-order chi connectivity index (χ1) is 12.2. The van der Waals surface area contributed by atoms with Crippen molar-refractivity contribution in [2.75, 3.05) is 0 Å². The minimum atomic E-state index is -0.828. The number of ether oxygens (including phenoxy) is 1. The summed E-state index contributed by atoms with van der Waals surface area (Å²) in [6.07, 6.45) is 1.05. The second-order valence-corrected chi connectivity index (χ2v) is 6.54. The number of oxazole rings is 1. The molecule has 0 bridgehead atoms. The van der Waals surface area contributed by atoms with Crippen LogP contribution in [0.2, 0.25) is 0 Å². The minimum Gasteiger partial charge on any atom is -0.448 e. The quantitative estimate of drug-likeness (QED) is 0.729. The van der Waals surface area contributed by atoms with Gasteiger partial charge in [-0.1, -0.05) is 24.3 Å². The zero-order valence-corrected chi connectivity index (χ0v) is 13.9. The third-order valence-electron chi connectivity index (χ3n) is 3.91. The fourth-order valence-corrected chi connectivity index (χ4v) is 3.33. The molecule has 0 saturated carbocycles. The summed E-state index contributed by atoms with van der Waals surface area (Å²) in [5.41, 5.74) is 1.95. The van der Waals surface area contributed by atoms with E-state index in [0.29, 0.717) is 23.6 Å². The van der Waals surface area contributed by atoms with Gasteiger partial charge in [-0.15, -0.1) is 11.3 Å². The molecular weight excluding hydrogens is 340 g/mol. The van der Waals surface area contributed by atoms with E-state index in [1.807, 2.05) is 29.6 Å². The van der Waals surface area contributed by atoms with E-state index in [9.17, 15) is 9.59 Å². The summed E-state index contributed by atoms with van der Waals surface area (Å²) in [7, 11) is 0. The molecule has 1 amide bonds. The Kier molecular flexibility index (Phi) is 4.07. The topological polar surface area (TPSA) is 81.4 Å². The molecule has 0 spiro atoms. The maximum Gasteiger partial charge on any atom is 0.339 e. The van der Waals surface area contributed by atoms with Gasteiger partial charge in [-0.2, -0.15) is 0 Å². The van der Waals surface area contributed by atoms with Crippen molar-refractivity contribution in [3.05, 3.63) is 64.9 Å². The van der Waals surface area contributed by atoms with Crippen LogP contribution >= 0.6 is 11.3 Å². The van der Waals surface area contributed by atoms with Crippen LogP contribution in [0.5, 0.6) is 0 Å². The van der Waals surface area contributed by atoms with Gasteiger partial charge in [-0.25, -0.2) is 9.78 Å². The molecule has 1 atom stereocenters. The summed E-state index contributed by atoms with van der Waals surface area (Å²) < 4.78 is 10.6. The molecule has 126 valence electrons. The molecule has 1 aromatic carbocycles. The molecule has 7 heteroatoms. The lowest BCUT2D eigenvalue weighted by molar-refractivity contribution is -0.130. The first-order valence-electron chi connectivity index (χ1n) is 7.75. The fraction of sp³-hybridized carbons (Fsp3) is 0.167. The van der Waals surface area contributed by atoms with Gasteiger partial charge < -0.3 is 14.5 Å². The summed E-state index contributed by atoms with van der Waals surface area (Å²) >= 11 is 1.53. The van der Waals surface area contributed by atoms with E-state index in [1.165, 1.54) is 17.6 Å². The third-order valence-corrected chi connectivity index (χ3v) is 4.77. The molecule has 0 aliphatic carbocycles. The second-order valence-electron chi connectivity index (χ2n) is 5.59. The normalized spacial score (nSPS) is 16.2. The predicted molar refractivity (Wildman–Crippen MR) is 91.0 cm³/mol. The zero-order valence-electron chi connectivity index (χ0n) is 13.1. The van der Waals surface area contributed by atoms with Crippen molar-refractivity contribution < 1.29 is 18.7 Å². The van der Waals surface area contributed by atoms with Crippen molar-refractivity contribution in [1.29, 1.82) is 0 Å². The van der Waals surface area contributed by atoms with E-state index in [2.05, 4.69) is 10.3 Å². The SMILES string of the molecule is O=C1O[C@H](C(=O)NCc2coc(-c3cccs3)n2)Cc2ccccc21. The monoisotopic (exact) mass is 354 g/mol. The molecule has 0 fully saturated rings. The van der Waals surface area contributed by atoms with Crippen LogP contribution < -0.4 is 5.32 Å². The van der Waals surface area contributed by atoms with Crippen molar-refractivity contribution in [3.8, 4) is 10.8 Å². The van der Waals surface area contributed by atoms with Crippen molar-refractivity contribution in [1.82, 2.24) is 10.3 Å². The van der Waals surface area contributed by atoms with Crippen LogP contribution in [0.25, 0.3) is 10.8 Å². The summed E-state index contributed by atoms with van der Waals surface area (Å²) in [5.74, 6) is -0.288. The lowest BCUT2D eigenvalue weighted by Gasteiger charge is -2.23. The van der Waals surface area contributed by atoms with Gasteiger partial charge in [0.15, 0.2) is 6.10 Å². The number of fused-ring (bicyclic) bond motifs is 1. The first kappa shape index (κ1) is 15.6. The summed E-state index contributed by atoms with van der Waals surface area (Å²) in [6.45, 7) is 0.212. The first-order valence-corrected chi connectivity index (χ1v) is 8.63. The lowest BCUT2D eigenvalue weighted by Crippen LogP contribution is -2.41. The molecule has 4 rings (SSSR count). The van der Waals surface area contributed by atoms with E-state index >= 15 is 0 Å². The van der Waals surface area contributed by atoms with Gasteiger partial charge in [-0.3, -0.25) is 4.79 Å². The molecule has 2 aromatic heterocycles. The third kappa shape index (κ3) is 3.18. The average molecular weight is 354 g/mol. The standard InChI is InChI=1S/C18H14N2O4S/c21-16(14-8-11-4-1-2-5-13(11)18(22)24-14)19-9-12-10-23-17(20-12)15-6-3-7-25-15/h1-7,10,14H,8-9H2,(H,19,21)/t14-/m0/s1. The number of hydrogen-bond acceptors (Lipinski definition) is 6. The van der Waals surface area contributed by atoms with Crippen LogP contribution in [0.4, 0.5) is 0 Å². The Hall–Kier alpha value is -2.93. The van der Waals surface area contributed by atoms with Crippen LogP contribution in [-0.2, 0) is 22.5 Å². The zero-order chi connectivity index (χ0) is 17.2. The van der Waals surface area contributed by atoms with Crippen LogP contribution in [0.1, 0.15) is 21.6 Å². The van der Waals surface area contributed by atoms with Crippen molar-refractivity contribution in [2.24, 2.45) is 0 Å². The Morgan fingerprint density at radius 2 is 2.16 bits per heavy atom. The van der Waals surface area contributed by atoms with Crippen molar-refractivity contribution in [2.45, 2.75) is 19.1 Å². The average Bonchev–Trinajstić information content (AvgIpc) is 3.31. The Morgan fingerprint density at radius 3 is 3.00 bits per heavy atom. The number of nitrogens with one attached hydrogen (secondary N) is 1. The molecule has 0 radical (unpaired) electrons. The number of cyclic esters (lactones) is 1. The number of carbonyl (C=O) groups is 2. The summed E-state index contributed by atoms with van der Waals surface area (Å²) in [4.78, 5) is 29.6. The van der Waals surface area contributed by atoms with Gasteiger partial charge in [0.25, 0.3) is 5.91 Å². The van der Waals surface area contributed by atoms with E-state index in [4.69, 9.17) is 9.15 Å². The highest BCUT2D eigenvalue weighted by Crippen LogP contribution is 2.24. The van der Waals surface area contributed by atoms with Gasteiger partial charge in [0.2, 0.25) is 5.89 Å². The fourth-order valence-electron chi connectivity index (χ4n) is 2.67. The van der Waals surface area contributed by atoms with Gasteiger partial charge >= 0.3 is 5.97 Å². The largest absolute Gasteiger partial charge is 0.448 e. The molecule has 0 saturated heterocycles. The second kappa shape index (κ2) is 6.52. The highest BCUT2D eigenvalue weighted by molar-refractivity contribution is 7.13. The Balaban J connectivity index is 1.39. The van der Waals surface area contributed by atoms with E-state index < -0.39 is 12.1 Å². The maximum atomic E-state index is 12.3. The molecular formula is C18H14N2O4S. The van der Waals surface area contributed by atoms with E-state index in [0.717, 1.165) is 10.4 Å².